The average Bonchev–Trinajstić information content (AvgIpc) is 3.09. The van der Waals surface area contributed by atoms with Gasteiger partial charge in [0, 0.05) is 38.8 Å². The Morgan fingerprint density at radius 1 is 1.37 bits per heavy atom. The van der Waals surface area contributed by atoms with E-state index in [2.05, 4.69) is 16.4 Å². The summed E-state index contributed by atoms with van der Waals surface area (Å²) in [6.45, 7) is 3.57. The number of aromatic hydroxyl groups is 1. The molecule has 2 amide bonds. The lowest BCUT2D eigenvalue weighted by atomic mass is 9.92. The quantitative estimate of drug-likeness (QED) is 0.878. The smallest absolute Gasteiger partial charge is 0.276 e. The van der Waals surface area contributed by atoms with Gasteiger partial charge in [0.2, 0.25) is 5.91 Å². The number of carbonyl (C=O) groups excluding carboxylic acids is 2. The predicted octanol–water partition coefficient (Wildman–Crippen LogP) is 2.89. The zero-order valence-corrected chi connectivity index (χ0v) is 16.1. The van der Waals surface area contributed by atoms with E-state index >= 15 is 0 Å². The summed E-state index contributed by atoms with van der Waals surface area (Å²) in [5.74, 6) is -0.188. The molecule has 2 aromatic rings. The van der Waals surface area contributed by atoms with Crippen molar-refractivity contribution in [2.75, 3.05) is 13.1 Å². The molecule has 7 heteroatoms. The third-order valence-corrected chi connectivity index (χ3v) is 6.63. The number of amides is 2. The van der Waals surface area contributed by atoms with Gasteiger partial charge in [-0.2, -0.15) is 11.3 Å². The van der Waals surface area contributed by atoms with Crippen LogP contribution in [-0.2, 0) is 11.3 Å². The molecule has 27 heavy (non-hydrogen) atoms. The average molecular weight is 385 g/mol. The second kappa shape index (κ2) is 6.96. The van der Waals surface area contributed by atoms with E-state index in [0.29, 0.717) is 19.6 Å². The van der Waals surface area contributed by atoms with Gasteiger partial charge < -0.3 is 14.9 Å². The first-order valence-corrected chi connectivity index (χ1v) is 10.2. The number of aromatic nitrogens is 1. The molecule has 1 spiro atoms. The number of hydrogen-bond acceptors (Lipinski definition) is 5. The lowest BCUT2D eigenvalue weighted by Crippen LogP contribution is -2.42. The van der Waals surface area contributed by atoms with Crippen LogP contribution < -0.4 is 0 Å². The Balaban J connectivity index is 1.40. The minimum atomic E-state index is -0.221. The van der Waals surface area contributed by atoms with E-state index < -0.39 is 0 Å². The summed E-state index contributed by atoms with van der Waals surface area (Å²) < 4.78 is 0. The maximum absolute atomic E-state index is 12.6. The van der Waals surface area contributed by atoms with E-state index in [0.717, 1.165) is 19.3 Å². The van der Waals surface area contributed by atoms with Gasteiger partial charge in [0.05, 0.1) is 0 Å². The first-order chi connectivity index (χ1) is 13.0. The Hall–Kier alpha value is -2.41. The highest BCUT2D eigenvalue weighted by Gasteiger charge is 2.58. The molecule has 1 aliphatic heterocycles. The number of hydrogen-bond donors (Lipinski definition) is 1. The Labute approximate surface area is 162 Å². The number of nitrogens with zero attached hydrogens (tertiary/aromatic N) is 3. The maximum Gasteiger partial charge on any atom is 0.276 e. The van der Waals surface area contributed by atoms with Crippen LogP contribution in [0.2, 0.25) is 0 Å². The number of thiophene rings is 1. The molecule has 4 rings (SSSR count). The minimum absolute atomic E-state index is 0.0781. The van der Waals surface area contributed by atoms with Crippen molar-refractivity contribution in [1.29, 1.82) is 0 Å². The topological polar surface area (TPSA) is 73.7 Å². The molecule has 1 aliphatic carbocycles. The highest BCUT2D eigenvalue weighted by Crippen LogP contribution is 2.57. The minimum Gasteiger partial charge on any atom is -0.505 e. The van der Waals surface area contributed by atoms with Crippen molar-refractivity contribution in [3.63, 3.8) is 0 Å². The monoisotopic (exact) mass is 385 g/mol. The van der Waals surface area contributed by atoms with Crippen molar-refractivity contribution in [3.8, 4) is 5.75 Å². The van der Waals surface area contributed by atoms with Crippen LogP contribution in [-0.4, -0.2) is 50.8 Å². The fourth-order valence-electron chi connectivity index (χ4n) is 4.19. The molecule has 1 atom stereocenters. The normalized spacial score (nSPS) is 20.5. The van der Waals surface area contributed by atoms with Crippen molar-refractivity contribution in [1.82, 2.24) is 14.8 Å². The SMILES string of the molecule is CC(=O)N(Cc1ccsc1)C1CC12CCN(C(=O)c1ncccc1O)CC2. The first kappa shape index (κ1) is 18.0. The van der Waals surface area contributed by atoms with E-state index in [1.807, 2.05) is 10.3 Å². The van der Waals surface area contributed by atoms with Crippen molar-refractivity contribution in [2.24, 2.45) is 5.41 Å². The van der Waals surface area contributed by atoms with E-state index in [1.54, 1.807) is 29.2 Å². The van der Waals surface area contributed by atoms with E-state index in [-0.39, 0.29) is 34.7 Å². The lowest BCUT2D eigenvalue weighted by molar-refractivity contribution is -0.130. The number of pyridine rings is 1. The number of carbonyl (C=O) groups is 2. The molecular formula is C20H23N3O3S. The summed E-state index contributed by atoms with van der Waals surface area (Å²) in [5, 5.41) is 14.0. The summed E-state index contributed by atoms with van der Waals surface area (Å²) in [4.78, 5) is 32.6. The molecular weight excluding hydrogens is 362 g/mol. The van der Waals surface area contributed by atoms with Crippen LogP contribution >= 0.6 is 11.3 Å². The van der Waals surface area contributed by atoms with Crippen LogP contribution in [0.3, 0.4) is 0 Å². The summed E-state index contributed by atoms with van der Waals surface area (Å²) in [6, 6.07) is 5.42. The number of rotatable bonds is 4. The van der Waals surface area contributed by atoms with Crippen LogP contribution in [0.25, 0.3) is 0 Å². The lowest BCUT2D eigenvalue weighted by Gasteiger charge is -2.34. The standard InChI is InChI=1S/C20H23N3O3S/c1-14(24)23(12-15-4-10-27-13-15)17-11-20(17)5-8-22(9-6-20)19(26)18-16(25)3-2-7-21-18/h2-4,7,10,13,17,25H,5-6,8-9,11-12H2,1H3. The number of piperidine rings is 1. The van der Waals surface area contributed by atoms with Gasteiger partial charge in [0.25, 0.3) is 5.91 Å². The van der Waals surface area contributed by atoms with Crippen LogP contribution in [0.15, 0.2) is 35.2 Å². The van der Waals surface area contributed by atoms with Gasteiger partial charge in [-0.1, -0.05) is 0 Å². The Morgan fingerprint density at radius 2 is 2.15 bits per heavy atom. The third-order valence-electron chi connectivity index (χ3n) is 5.90. The molecule has 2 aromatic heterocycles. The first-order valence-electron chi connectivity index (χ1n) is 9.22. The number of likely N-dealkylation sites (tertiary alicyclic amines) is 1. The molecule has 1 saturated carbocycles. The van der Waals surface area contributed by atoms with Gasteiger partial charge in [-0.3, -0.25) is 9.59 Å². The van der Waals surface area contributed by atoms with Gasteiger partial charge in [-0.25, -0.2) is 4.98 Å². The molecule has 0 aromatic carbocycles. The summed E-state index contributed by atoms with van der Waals surface area (Å²) >= 11 is 1.65. The Kier molecular flexibility index (Phi) is 4.63. The second-order valence-electron chi connectivity index (χ2n) is 7.52. The van der Waals surface area contributed by atoms with E-state index in [4.69, 9.17) is 0 Å². The zero-order valence-electron chi connectivity index (χ0n) is 15.3. The maximum atomic E-state index is 12.6. The molecule has 1 saturated heterocycles. The largest absolute Gasteiger partial charge is 0.505 e. The molecule has 3 heterocycles. The fourth-order valence-corrected chi connectivity index (χ4v) is 4.85. The molecule has 0 radical (unpaired) electrons. The second-order valence-corrected chi connectivity index (χ2v) is 8.30. The summed E-state index contributed by atoms with van der Waals surface area (Å²) in [5.41, 5.74) is 1.42. The molecule has 2 fully saturated rings. The van der Waals surface area contributed by atoms with Gasteiger partial charge in [-0.05, 0) is 59.2 Å². The van der Waals surface area contributed by atoms with Gasteiger partial charge in [0.1, 0.15) is 5.75 Å². The van der Waals surface area contributed by atoms with Crippen LogP contribution in [0.4, 0.5) is 0 Å². The Morgan fingerprint density at radius 3 is 2.78 bits per heavy atom. The predicted molar refractivity (Wildman–Crippen MR) is 102 cm³/mol. The zero-order chi connectivity index (χ0) is 19.0. The highest BCUT2D eigenvalue weighted by molar-refractivity contribution is 7.07. The highest BCUT2D eigenvalue weighted by atomic mass is 32.1. The van der Waals surface area contributed by atoms with Crippen molar-refractivity contribution in [2.45, 2.75) is 38.8 Å². The molecule has 1 N–H and O–H groups in total. The van der Waals surface area contributed by atoms with Gasteiger partial charge in [-0.15, -0.1) is 0 Å². The Bertz CT molecular complexity index is 844. The van der Waals surface area contributed by atoms with E-state index in [1.165, 1.54) is 17.8 Å². The third kappa shape index (κ3) is 3.43. The molecule has 1 unspecified atom stereocenters. The van der Waals surface area contributed by atoms with Crippen molar-refractivity contribution < 1.29 is 14.7 Å². The summed E-state index contributed by atoms with van der Waals surface area (Å²) in [6.07, 6.45) is 4.28. The fraction of sp³-hybridized carbons (Fsp3) is 0.450. The van der Waals surface area contributed by atoms with Crippen molar-refractivity contribution >= 4 is 23.2 Å². The van der Waals surface area contributed by atoms with Crippen LogP contribution in [0.1, 0.15) is 42.2 Å². The van der Waals surface area contributed by atoms with Gasteiger partial charge >= 0.3 is 0 Å². The molecule has 142 valence electrons. The molecule has 2 aliphatic rings. The van der Waals surface area contributed by atoms with Crippen molar-refractivity contribution in [3.05, 3.63) is 46.4 Å². The van der Waals surface area contributed by atoms with Crippen LogP contribution in [0, 0.1) is 5.41 Å². The van der Waals surface area contributed by atoms with Gasteiger partial charge in [0.15, 0.2) is 5.69 Å². The molecule has 6 nitrogen and oxygen atoms in total. The summed E-state index contributed by atoms with van der Waals surface area (Å²) in [7, 11) is 0. The molecule has 0 bridgehead atoms. The van der Waals surface area contributed by atoms with Crippen LogP contribution in [0.5, 0.6) is 5.75 Å². The van der Waals surface area contributed by atoms with E-state index in [9.17, 15) is 14.7 Å².